The van der Waals surface area contributed by atoms with E-state index in [1.807, 2.05) is 18.2 Å². The zero-order valence-corrected chi connectivity index (χ0v) is 20.0. The number of Topliss-reactive ketones (excluding diaryl/α,β-unsaturated/α-hetero) is 1. The summed E-state index contributed by atoms with van der Waals surface area (Å²) in [6.45, 7) is 5.52. The summed E-state index contributed by atoms with van der Waals surface area (Å²) in [6.07, 6.45) is 4.86. The van der Waals surface area contributed by atoms with Crippen molar-refractivity contribution in [1.82, 2.24) is 0 Å². The van der Waals surface area contributed by atoms with Crippen molar-refractivity contribution < 1.29 is 19.8 Å². The molecule has 0 amide bonds. The lowest BCUT2D eigenvalue weighted by Crippen LogP contribution is -2.07. The first kappa shape index (κ1) is 25.3. The molecule has 0 aliphatic rings. The number of aliphatic carboxylic acids is 1. The molecule has 0 bridgehead atoms. The largest absolute Gasteiger partial charge is 0.507 e. The van der Waals surface area contributed by atoms with E-state index in [2.05, 4.69) is 6.92 Å². The van der Waals surface area contributed by atoms with Crippen LogP contribution in [0, 0.1) is 0 Å². The van der Waals surface area contributed by atoms with E-state index in [0.717, 1.165) is 53.9 Å². The number of ketones is 1. The summed E-state index contributed by atoms with van der Waals surface area (Å²) in [5, 5.41) is 20.3. The highest BCUT2D eigenvalue weighted by Gasteiger charge is 2.17. The predicted octanol–water partition coefficient (Wildman–Crippen LogP) is 6.89. The van der Waals surface area contributed by atoms with Crippen LogP contribution in [0.25, 0.3) is 0 Å². The molecular weight excluding hydrogens is 432 g/mol. The molecule has 2 N–H and O–H groups in total. The lowest BCUT2D eigenvalue weighted by molar-refractivity contribution is -0.138. The highest BCUT2D eigenvalue weighted by molar-refractivity contribution is 7.99. The van der Waals surface area contributed by atoms with Crippen LogP contribution in [0.4, 0.5) is 0 Å². The maximum Gasteiger partial charge on any atom is 0.310 e. The average molecular weight is 463 g/mol. The van der Waals surface area contributed by atoms with Crippen LogP contribution in [-0.4, -0.2) is 27.7 Å². The molecule has 0 saturated carbocycles. The van der Waals surface area contributed by atoms with Crippen LogP contribution < -0.4 is 0 Å². The van der Waals surface area contributed by atoms with Crippen molar-refractivity contribution >= 4 is 35.1 Å². The number of aryl methyl sites for hydroxylation is 1. The lowest BCUT2D eigenvalue weighted by atomic mass is 9.93. The zero-order valence-electron chi connectivity index (χ0n) is 18.4. The Labute approximate surface area is 194 Å². The van der Waals surface area contributed by atoms with Crippen LogP contribution in [0.5, 0.6) is 5.75 Å². The van der Waals surface area contributed by atoms with Crippen molar-refractivity contribution in [3.63, 3.8) is 0 Å². The number of unbranched alkanes of at least 4 members (excludes halogenated alkanes) is 1. The van der Waals surface area contributed by atoms with Gasteiger partial charge in [0.05, 0.1) is 16.5 Å². The third-order valence-electron chi connectivity index (χ3n) is 5.43. The molecule has 0 aliphatic carbocycles. The van der Waals surface area contributed by atoms with E-state index < -0.39 is 11.9 Å². The van der Waals surface area contributed by atoms with Crippen LogP contribution in [0.1, 0.15) is 79.4 Å². The monoisotopic (exact) mass is 462 g/mol. The summed E-state index contributed by atoms with van der Waals surface area (Å²) in [7, 11) is 0. The summed E-state index contributed by atoms with van der Waals surface area (Å²) in [4.78, 5) is 24.1. The van der Waals surface area contributed by atoms with Gasteiger partial charge in [-0.15, -0.1) is 11.8 Å². The van der Waals surface area contributed by atoms with Crippen molar-refractivity contribution in [2.24, 2.45) is 0 Å². The Hall–Kier alpha value is -1.98. The molecule has 2 aromatic rings. The van der Waals surface area contributed by atoms with E-state index in [4.69, 9.17) is 16.7 Å². The van der Waals surface area contributed by atoms with Crippen LogP contribution in [-0.2, 0) is 17.6 Å². The van der Waals surface area contributed by atoms with E-state index in [0.29, 0.717) is 22.6 Å². The smallest absolute Gasteiger partial charge is 0.310 e. The molecule has 6 heteroatoms. The highest BCUT2D eigenvalue weighted by atomic mass is 35.5. The normalized spacial score (nSPS) is 12.0. The summed E-state index contributed by atoms with van der Waals surface area (Å²) < 4.78 is 0. The van der Waals surface area contributed by atoms with E-state index in [9.17, 15) is 14.7 Å². The SMILES string of the molecule is CCCc1c(CCCCSc2ccc(C(C)C(=O)O)cc2Cl)ccc(C(=O)CC)c1O. The molecule has 0 saturated heterocycles. The Morgan fingerprint density at radius 1 is 1.10 bits per heavy atom. The van der Waals surface area contributed by atoms with Gasteiger partial charge in [-0.05, 0) is 73.2 Å². The maximum absolute atomic E-state index is 12.1. The number of benzene rings is 2. The first-order valence-corrected chi connectivity index (χ1v) is 12.2. The van der Waals surface area contributed by atoms with Gasteiger partial charge in [-0.25, -0.2) is 0 Å². The van der Waals surface area contributed by atoms with Gasteiger partial charge in [0.1, 0.15) is 5.75 Å². The molecule has 0 fully saturated rings. The second-order valence-electron chi connectivity index (χ2n) is 7.68. The number of thioether (sulfide) groups is 1. The van der Waals surface area contributed by atoms with Crippen LogP contribution in [0.15, 0.2) is 35.2 Å². The molecule has 1 atom stereocenters. The van der Waals surface area contributed by atoms with Gasteiger partial charge in [-0.2, -0.15) is 0 Å². The van der Waals surface area contributed by atoms with Gasteiger partial charge < -0.3 is 10.2 Å². The Kier molecular flexibility index (Phi) is 9.92. The summed E-state index contributed by atoms with van der Waals surface area (Å²) >= 11 is 8.01. The molecule has 0 aliphatic heterocycles. The standard InChI is InChI=1S/C25H31ClO4S/c1-4-8-19-17(10-12-20(24(19)28)22(27)5-2)9-6-7-14-31-23-13-11-18(15-21(23)26)16(3)25(29)30/h10-13,15-16,28H,4-9,14H2,1-3H3,(H,29,30). The van der Waals surface area contributed by atoms with Crippen LogP contribution >= 0.6 is 23.4 Å². The number of carboxylic acid groups (broad SMARTS) is 1. The average Bonchev–Trinajstić information content (AvgIpc) is 2.75. The second kappa shape index (κ2) is 12.2. The number of phenolic OH excluding ortho intramolecular Hbond substituents is 1. The Balaban J connectivity index is 1.94. The van der Waals surface area contributed by atoms with Crippen LogP contribution in [0.2, 0.25) is 5.02 Å². The van der Waals surface area contributed by atoms with Crippen molar-refractivity contribution in [1.29, 1.82) is 0 Å². The number of aromatic hydroxyl groups is 1. The Morgan fingerprint density at radius 3 is 2.45 bits per heavy atom. The second-order valence-corrected chi connectivity index (χ2v) is 9.23. The number of phenols is 1. The van der Waals surface area contributed by atoms with Crippen molar-refractivity contribution in [2.75, 3.05) is 5.75 Å². The molecular formula is C25H31ClO4S. The van der Waals surface area contributed by atoms with Gasteiger partial charge in [0.15, 0.2) is 5.78 Å². The topological polar surface area (TPSA) is 74.6 Å². The number of hydrogen-bond acceptors (Lipinski definition) is 4. The summed E-state index contributed by atoms with van der Waals surface area (Å²) in [6, 6.07) is 9.19. The minimum atomic E-state index is -0.864. The number of carboxylic acids is 1. The van der Waals surface area contributed by atoms with Crippen molar-refractivity contribution in [3.8, 4) is 5.75 Å². The minimum Gasteiger partial charge on any atom is -0.507 e. The molecule has 1 unspecified atom stereocenters. The van der Waals surface area contributed by atoms with Crippen molar-refractivity contribution in [2.45, 2.75) is 70.1 Å². The predicted molar refractivity (Wildman–Crippen MR) is 128 cm³/mol. The van der Waals surface area contributed by atoms with Crippen molar-refractivity contribution in [3.05, 3.63) is 57.6 Å². The lowest BCUT2D eigenvalue weighted by Gasteiger charge is -2.14. The molecule has 0 heterocycles. The van der Waals surface area contributed by atoms with E-state index >= 15 is 0 Å². The molecule has 31 heavy (non-hydrogen) atoms. The molecule has 0 spiro atoms. The van der Waals surface area contributed by atoms with Gasteiger partial charge in [0.2, 0.25) is 0 Å². The Bertz CT molecular complexity index is 926. The molecule has 0 radical (unpaired) electrons. The molecule has 168 valence electrons. The van der Waals surface area contributed by atoms with Gasteiger partial charge >= 0.3 is 5.97 Å². The van der Waals surface area contributed by atoms with Gasteiger partial charge in [0, 0.05) is 11.3 Å². The number of rotatable bonds is 12. The quantitative estimate of drug-likeness (QED) is 0.204. The third kappa shape index (κ3) is 6.75. The fourth-order valence-corrected chi connectivity index (χ4v) is 4.78. The summed E-state index contributed by atoms with van der Waals surface area (Å²) in [5.74, 6) is -0.419. The molecule has 0 aromatic heterocycles. The zero-order chi connectivity index (χ0) is 23.0. The first-order chi connectivity index (χ1) is 14.8. The van der Waals surface area contributed by atoms with E-state index in [-0.39, 0.29) is 11.5 Å². The third-order valence-corrected chi connectivity index (χ3v) is 7.01. The molecule has 4 nitrogen and oxygen atoms in total. The minimum absolute atomic E-state index is 0.0292. The first-order valence-electron chi connectivity index (χ1n) is 10.8. The number of carbonyl (C=O) groups excluding carboxylic acids is 1. The summed E-state index contributed by atoms with van der Waals surface area (Å²) in [5.41, 5.74) is 3.15. The van der Waals surface area contributed by atoms with E-state index in [1.54, 1.807) is 37.7 Å². The number of hydrogen-bond donors (Lipinski definition) is 2. The van der Waals surface area contributed by atoms with Crippen LogP contribution in [0.3, 0.4) is 0 Å². The highest BCUT2D eigenvalue weighted by Crippen LogP contribution is 2.32. The van der Waals surface area contributed by atoms with Gasteiger partial charge in [0.25, 0.3) is 0 Å². The fourth-order valence-electron chi connectivity index (χ4n) is 3.50. The molecule has 2 rings (SSSR count). The maximum atomic E-state index is 12.1. The number of halogens is 1. The van der Waals surface area contributed by atoms with E-state index in [1.165, 1.54) is 0 Å². The number of carbonyl (C=O) groups is 2. The molecule has 2 aromatic carbocycles. The fraction of sp³-hybridized carbons (Fsp3) is 0.440. The van der Waals surface area contributed by atoms with Gasteiger partial charge in [-0.1, -0.05) is 44.0 Å². The van der Waals surface area contributed by atoms with Gasteiger partial charge in [-0.3, -0.25) is 9.59 Å². The Morgan fingerprint density at radius 2 is 1.84 bits per heavy atom.